The summed E-state index contributed by atoms with van der Waals surface area (Å²) in [6, 6.07) is 15.5. The average molecular weight is 379 g/mol. The van der Waals surface area contributed by atoms with E-state index in [0.29, 0.717) is 37.7 Å². The zero-order valence-corrected chi connectivity index (χ0v) is 16.5. The zero-order chi connectivity index (χ0) is 19.9. The molecule has 0 fully saturated rings. The highest BCUT2D eigenvalue weighted by Crippen LogP contribution is 2.21. The second kappa shape index (κ2) is 9.17. The van der Waals surface area contributed by atoms with Crippen molar-refractivity contribution in [2.45, 2.75) is 33.6 Å². The van der Waals surface area contributed by atoms with E-state index < -0.39 is 0 Å². The van der Waals surface area contributed by atoms with E-state index in [2.05, 4.69) is 10.1 Å². The third kappa shape index (κ3) is 4.76. The SMILES string of the molecule is CCOc1ccc(N(CC)C(=O)CCc2nc(-c3ccc(C)cc3)no2)cc1. The first-order valence-corrected chi connectivity index (χ1v) is 9.53. The third-order valence-corrected chi connectivity index (χ3v) is 4.41. The van der Waals surface area contributed by atoms with Gasteiger partial charge >= 0.3 is 0 Å². The van der Waals surface area contributed by atoms with Crippen LogP contribution in [0.1, 0.15) is 31.7 Å². The van der Waals surface area contributed by atoms with Crippen molar-refractivity contribution in [2.24, 2.45) is 0 Å². The van der Waals surface area contributed by atoms with Crippen LogP contribution < -0.4 is 9.64 Å². The summed E-state index contributed by atoms with van der Waals surface area (Å²) in [4.78, 5) is 18.8. The van der Waals surface area contributed by atoms with E-state index in [9.17, 15) is 4.79 Å². The first-order chi connectivity index (χ1) is 13.6. The second-order valence-electron chi connectivity index (χ2n) is 6.44. The topological polar surface area (TPSA) is 68.5 Å². The van der Waals surface area contributed by atoms with Crippen LogP contribution in [0, 0.1) is 6.92 Å². The lowest BCUT2D eigenvalue weighted by molar-refractivity contribution is -0.118. The summed E-state index contributed by atoms with van der Waals surface area (Å²) in [5.41, 5.74) is 2.92. The van der Waals surface area contributed by atoms with Crippen LogP contribution in [0.2, 0.25) is 0 Å². The van der Waals surface area contributed by atoms with Crippen molar-refractivity contribution < 1.29 is 14.1 Å². The van der Waals surface area contributed by atoms with E-state index in [0.717, 1.165) is 17.0 Å². The molecule has 0 saturated carbocycles. The van der Waals surface area contributed by atoms with E-state index in [-0.39, 0.29) is 5.91 Å². The van der Waals surface area contributed by atoms with Crippen LogP contribution in [0.5, 0.6) is 5.75 Å². The molecule has 146 valence electrons. The lowest BCUT2D eigenvalue weighted by Crippen LogP contribution is -2.30. The molecule has 0 aliphatic heterocycles. The van der Waals surface area contributed by atoms with Gasteiger partial charge in [-0.1, -0.05) is 35.0 Å². The summed E-state index contributed by atoms with van der Waals surface area (Å²) in [7, 11) is 0. The first kappa shape index (κ1) is 19.6. The summed E-state index contributed by atoms with van der Waals surface area (Å²) in [6.45, 7) is 7.13. The van der Waals surface area contributed by atoms with Gasteiger partial charge in [-0.2, -0.15) is 4.98 Å². The Balaban J connectivity index is 1.61. The van der Waals surface area contributed by atoms with Crippen molar-refractivity contribution >= 4 is 11.6 Å². The van der Waals surface area contributed by atoms with E-state index in [1.165, 1.54) is 5.56 Å². The zero-order valence-electron chi connectivity index (χ0n) is 16.5. The van der Waals surface area contributed by atoms with Crippen molar-refractivity contribution in [1.29, 1.82) is 0 Å². The number of carbonyl (C=O) groups is 1. The molecule has 0 atom stereocenters. The molecule has 28 heavy (non-hydrogen) atoms. The average Bonchev–Trinajstić information content (AvgIpc) is 3.18. The number of nitrogens with zero attached hydrogens (tertiary/aromatic N) is 3. The molecule has 0 radical (unpaired) electrons. The molecule has 0 saturated heterocycles. The number of aryl methyl sites for hydroxylation is 2. The molecule has 3 rings (SSSR count). The number of aromatic nitrogens is 2. The van der Waals surface area contributed by atoms with Crippen LogP contribution in [0.4, 0.5) is 5.69 Å². The maximum atomic E-state index is 12.7. The highest BCUT2D eigenvalue weighted by molar-refractivity contribution is 5.93. The van der Waals surface area contributed by atoms with Gasteiger partial charge in [0.1, 0.15) is 5.75 Å². The molecular formula is C22H25N3O3. The lowest BCUT2D eigenvalue weighted by Gasteiger charge is -2.21. The smallest absolute Gasteiger partial charge is 0.227 e. The fourth-order valence-corrected chi connectivity index (χ4v) is 2.92. The molecule has 1 aromatic heterocycles. The number of benzene rings is 2. The predicted molar refractivity (Wildman–Crippen MR) is 108 cm³/mol. The minimum atomic E-state index is 0.0155. The van der Waals surface area contributed by atoms with Gasteiger partial charge in [-0.05, 0) is 45.0 Å². The fourth-order valence-electron chi connectivity index (χ4n) is 2.92. The maximum absolute atomic E-state index is 12.7. The summed E-state index contributed by atoms with van der Waals surface area (Å²) in [5, 5.41) is 4.02. The first-order valence-electron chi connectivity index (χ1n) is 9.53. The van der Waals surface area contributed by atoms with Crippen molar-refractivity contribution in [3.63, 3.8) is 0 Å². The van der Waals surface area contributed by atoms with Gasteiger partial charge in [0.15, 0.2) is 0 Å². The number of hydrogen-bond acceptors (Lipinski definition) is 5. The van der Waals surface area contributed by atoms with Crippen molar-refractivity contribution in [3.05, 3.63) is 60.0 Å². The molecule has 0 unspecified atom stereocenters. The highest BCUT2D eigenvalue weighted by Gasteiger charge is 2.16. The van der Waals surface area contributed by atoms with Crippen LogP contribution in [0.25, 0.3) is 11.4 Å². The Bertz CT molecular complexity index is 902. The van der Waals surface area contributed by atoms with Gasteiger partial charge in [-0.3, -0.25) is 4.79 Å². The van der Waals surface area contributed by atoms with Crippen LogP contribution in [0.15, 0.2) is 53.1 Å². The lowest BCUT2D eigenvalue weighted by atomic mass is 10.1. The van der Waals surface area contributed by atoms with Crippen molar-refractivity contribution in [3.8, 4) is 17.1 Å². The molecular weight excluding hydrogens is 354 g/mol. The monoisotopic (exact) mass is 379 g/mol. The Morgan fingerprint density at radius 1 is 1.07 bits per heavy atom. The Kier molecular flexibility index (Phi) is 6.42. The van der Waals surface area contributed by atoms with Crippen LogP contribution >= 0.6 is 0 Å². The number of anilines is 1. The molecule has 0 spiro atoms. The van der Waals surface area contributed by atoms with Gasteiger partial charge in [-0.15, -0.1) is 0 Å². The standard InChI is InChI=1S/C22H25N3O3/c1-4-25(18-10-12-19(13-11-18)27-5-2)21(26)15-14-20-23-22(24-28-20)17-8-6-16(3)7-9-17/h6-13H,4-5,14-15H2,1-3H3. The Morgan fingerprint density at radius 2 is 1.79 bits per heavy atom. The molecule has 1 heterocycles. The van der Waals surface area contributed by atoms with Gasteiger partial charge < -0.3 is 14.2 Å². The molecule has 2 aromatic carbocycles. The maximum Gasteiger partial charge on any atom is 0.227 e. The van der Waals surface area contributed by atoms with Crippen molar-refractivity contribution in [1.82, 2.24) is 10.1 Å². The van der Waals surface area contributed by atoms with Crippen molar-refractivity contribution in [2.75, 3.05) is 18.1 Å². The van der Waals surface area contributed by atoms with E-state index in [1.807, 2.05) is 69.3 Å². The summed E-state index contributed by atoms with van der Waals surface area (Å²) < 4.78 is 10.8. The van der Waals surface area contributed by atoms with Crippen LogP contribution in [0.3, 0.4) is 0 Å². The minimum absolute atomic E-state index is 0.0155. The summed E-state index contributed by atoms with van der Waals surface area (Å²) >= 11 is 0. The number of carbonyl (C=O) groups excluding carboxylic acids is 1. The van der Waals surface area contributed by atoms with Gasteiger partial charge in [0.2, 0.25) is 17.6 Å². The van der Waals surface area contributed by atoms with E-state index >= 15 is 0 Å². The normalized spacial score (nSPS) is 10.7. The molecule has 6 nitrogen and oxygen atoms in total. The molecule has 0 aliphatic rings. The van der Waals surface area contributed by atoms with Crippen LogP contribution in [-0.4, -0.2) is 29.2 Å². The minimum Gasteiger partial charge on any atom is -0.494 e. The fraction of sp³-hybridized carbons (Fsp3) is 0.318. The predicted octanol–water partition coefficient (Wildman–Crippen LogP) is 4.43. The van der Waals surface area contributed by atoms with Crippen LogP contribution in [-0.2, 0) is 11.2 Å². The van der Waals surface area contributed by atoms with E-state index in [4.69, 9.17) is 9.26 Å². The summed E-state index contributed by atoms with van der Waals surface area (Å²) in [5.74, 6) is 1.82. The third-order valence-electron chi connectivity index (χ3n) is 4.41. The highest BCUT2D eigenvalue weighted by atomic mass is 16.5. The Morgan fingerprint density at radius 3 is 2.43 bits per heavy atom. The number of hydrogen-bond donors (Lipinski definition) is 0. The molecule has 3 aromatic rings. The number of ether oxygens (including phenoxy) is 1. The molecule has 6 heteroatoms. The quantitative estimate of drug-likeness (QED) is 0.579. The Labute approximate surface area is 165 Å². The van der Waals surface area contributed by atoms with E-state index in [1.54, 1.807) is 4.90 Å². The van der Waals surface area contributed by atoms with Gasteiger partial charge in [-0.25, -0.2) is 0 Å². The number of rotatable bonds is 8. The van der Waals surface area contributed by atoms with Gasteiger partial charge in [0.25, 0.3) is 0 Å². The molecule has 1 amide bonds. The molecule has 0 bridgehead atoms. The molecule has 0 aliphatic carbocycles. The van der Waals surface area contributed by atoms with Gasteiger partial charge in [0.05, 0.1) is 6.61 Å². The van der Waals surface area contributed by atoms with Gasteiger partial charge in [0, 0.05) is 30.6 Å². The number of amides is 1. The Hall–Kier alpha value is -3.15. The second-order valence-corrected chi connectivity index (χ2v) is 6.44. The summed E-state index contributed by atoms with van der Waals surface area (Å²) in [6.07, 6.45) is 0.710. The largest absolute Gasteiger partial charge is 0.494 e. The molecule has 0 N–H and O–H groups in total.